The van der Waals surface area contributed by atoms with Gasteiger partial charge in [0.25, 0.3) is 5.91 Å². The molecule has 24 heavy (non-hydrogen) atoms. The highest BCUT2D eigenvalue weighted by Gasteiger charge is 2.11. The molecule has 1 aromatic rings. The molecule has 0 aliphatic carbocycles. The molecule has 4 amide bonds. The van der Waals surface area contributed by atoms with Crippen LogP contribution >= 0.6 is 0 Å². The molecule has 0 heterocycles. The van der Waals surface area contributed by atoms with Crippen LogP contribution in [0.1, 0.15) is 5.56 Å². The molecule has 0 saturated carbocycles. The first kappa shape index (κ1) is 18.9. The number of amides is 4. The van der Waals surface area contributed by atoms with Gasteiger partial charge in [-0.25, -0.2) is 4.79 Å². The highest BCUT2D eigenvalue weighted by Crippen LogP contribution is 1.98. The van der Waals surface area contributed by atoms with Gasteiger partial charge in [-0.1, -0.05) is 36.4 Å². The highest BCUT2D eigenvalue weighted by molar-refractivity contribution is 5.95. The van der Waals surface area contributed by atoms with Crippen molar-refractivity contribution in [1.82, 2.24) is 16.0 Å². The van der Waals surface area contributed by atoms with Crippen LogP contribution in [0.3, 0.4) is 0 Å². The molecule has 0 aliphatic heterocycles. The Balaban J connectivity index is 2.19. The molecule has 1 rings (SSSR count). The summed E-state index contributed by atoms with van der Waals surface area (Å²) in [7, 11) is 0. The molecule has 0 atom stereocenters. The van der Waals surface area contributed by atoms with Crippen LogP contribution in [0.25, 0.3) is 0 Å². The lowest BCUT2D eigenvalue weighted by Crippen LogP contribution is -2.42. The van der Waals surface area contributed by atoms with Gasteiger partial charge in [-0.3, -0.25) is 19.7 Å². The van der Waals surface area contributed by atoms with Crippen molar-refractivity contribution in [1.29, 1.82) is 0 Å². The minimum absolute atomic E-state index is 0.137. The van der Waals surface area contributed by atoms with Crippen LogP contribution in [0.15, 0.2) is 43.0 Å². The van der Waals surface area contributed by atoms with Gasteiger partial charge in [0.15, 0.2) is 6.61 Å². The number of rotatable bonds is 8. The lowest BCUT2D eigenvalue weighted by atomic mass is 10.1. The SMILES string of the molecule is C=CCNC(=O)NC(=O)COC(=O)CNC(=O)Cc1ccccc1. The molecule has 0 aromatic heterocycles. The lowest BCUT2D eigenvalue weighted by Gasteiger charge is -2.07. The van der Waals surface area contributed by atoms with Gasteiger partial charge < -0.3 is 15.4 Å². The summed E-state index contributed by atoms with van der Waals surface area (Å²) >= 11 is 0. The van der Waals surface area contributed by atoms with Crippen molar-refractivity contribution in [3.63, 3.8) is 0 Å². The van der Waals surface area contributed by atoms with E-state index in [0.717, 1.165) is 5.56 Å². The summed E-state index contributed by atoms with van der Waals surface area (Å²) in [6, 6.07) is 8.31. The first-order chi connectivity index (χ1) is 11.5. The van der Waals surface area contributed by atoms with Crippen molar-refractivity contribution >= 4 is 23.8 Å². The van der Waals surface area contributed by atoms with Gasteiger partial charge in [-0.15, -0.1) is 6.58 Å². The van der Waals surface area contributed by atoms with Crippen molar-refractivity contribution in [2.75, 3.05) is 19.7 Å². The first-order valence-corrected chi connectivity index (χ1v) is 7.16. The van der Waals surface area contributed by atoms with Crippen LogP contribution in [0.2, 0.25) is 0 Å². The minimum Gasteiger partial charge on any atom is -0.454 e. The fourth-order valence-corrected chi connectivity index (χ4v) is 1.58. The average molecular weight is 333 g/mol. The Morgan fingerprint density at radius 2 is 1.75 bits per heavy atom. The molecule has 0 bridgehead atoms. The molecule has 1 aromatic carbocycles. The van der Waals surface area contributed by atoms with Gasteiger partial charge in [0.05, 0.1) is 6.42 Å². The third-order valence-electron chi connectivity index (χ3n) is 2.66. The molecular formula is C16H19N3O5. The van der Waals surface area contributed by atoms with Gasteiger partial charge in [0.2, 0.25) is 5.91 Å². The summed E-state index contributed by atoms with van der Waals surface area (Å²) in [6.45, 7) is 2.63. The summed E-state index contributed by atoms with van der Waals surface area (Å²) in [6.07, 6.45) is 1.58. The number of imide groups is 1. The van der Waals surface area contributed by atoms with Crippen molar-refractivity contribution in [2.24, 2.45) is 0 Å². The fourth-order valence-electron chi connectivity index (χ4n) is 1.58. The van der Waals surface area contributed by atoms with E-state index < -0.39 is 24.5 Å². The Labute approximate surface area is 139 Å². The van der Waals surface area contributed by atoms with Crippen molar-refractivity contribution < 1.29 is 23.9 Å². The molecule has 0 aliphatic rings. The lowest BCUT2D eigenvalue weighted by molar-refractivity contribution is -0.148. The molecule has 0 radical (unpaired) electrons. The first-order valence-electron chi connectivity index (χ1n) is 7.16. The maximum absolute atomic E-state index is 11.6. The molecule has 0 saturated heterocycles. The number of hydrogen-bond acceptors (Lipinski definition) is 5. The molecule has 128 valence electrons. The summed E-state index contributed by atoms with van der Waals surface area (Å²) < 4.78 is 4.64. The highest BCUT2D eigenvalue weighted by atomic mass is 16.5. The second-order valence-electron chi connectivity index (χ2n) is 4.65. The third kappa shape index (κ3) is 8.32. The van der Waals surface area contributed by atoms with Gasteiger partial charge in [-0.2, -0.15) is 0 Å². The maximum atomic E-state index is 11.6. The van der Waals surface area contributed by atoms with Gasteiger partial charge in [0.1, 0.15) is 6.54 Å². The average Bonchev–Trinajstić information content (AvgIpc) is 2.57. The number of urea groups is 1. The summed E-state index contributed by atoms with van der Waals surface area (Å²) in [5, 5.41) is 6.68. The Bertz CT molecular complexity index is 601. The van der Waals surface area contributed by atoms with E-state index >= 15 is 0 Å². The zero-order chi connectivity index (χ0) is 17.8. The Hall–Kier alpha value is -3.16. The second-order valence-corrected chi connectivity index (χ2v) is 4.65. The molecule has 8 nitrogen and oxygen atoms in total. The molecule has 8 heteroatoms. The number of esters is 1. The minimum atomic E-state index is -0.780. The van der Waals surface area contributed by atoms with E-state index in [0.29, 0.717) is 0 Å². The van der Waals surface area contributed by atoms with Crippen molar-refractivity contribution in [3.8, 4) is 0 Å². The normalized spacial score (nSPS) is 9.50. The van der Waals surface area contributed by atoms with Crippen LogP contribution in [0, 0.1) is 0 Å². The largest absolute Gasteiger partial charge is 0.454 e. The number of ether oxygens (including phenoxy) is 1. The maximum Gasteiger partial charge on any atom is 0.325 e. The van der Waals surface area contributed by atoms with Crippen LogP contribution in [-0.4, -0.2) is 43.5 Å². The van der Waals surface area contributed by atoms with Crippen molar-refractivity contribution in [3.05, 3.63) is 48.6 Å². The number of nitrogens with one attached hydrogen (secondary N) is 3. The van der Waals surface area contributed by atoms with E-state index in [2.05, 4.69) is 21.9 Å². The Morgan fingerprint density at radius 1 is 1.04 bits per heavy atom. The third-order valence-corrected chi connectivity index (χ3v) is 2.66. The summed E-state index contributed by atoms with van der Waals surface area (Å²) in [5.41, 5.74) is 0.813. The quantitative estimate of drug-likeness (QED) is 0.454. The van der Waals surface area contributed by atoms with E-state index in [1.165, 1.54) is 6.08 Å². The molecule has 3 N–H and O–H groups in total. The monoisotopic (exact) mass is 333 g/mol. The number of carbonyl (C=O) groups is 4. The van der Waals surface area contributed by atoms with Gasteiger partial charge in [-0.05, 0) is 5.56 Å². The number of hydrogen-bond donors (Lipinski definition) is 3. The number of benzene rings is 1. The zero-order valence-corrected chi connectivity index (χ0v) is 13.0. The number of carbonyl (C=O) groups excluding carboxylic acids is 4. The van der Waals surface area contributed by atoms with Crippen LogP contribution in [0.5, 0.6) is 0 Å². The van der Waals surface area contributed by atoms with E-state index in [1.807, 2.05) is 11.4 Å². The smallest absolute Gasteiger partial charge is 0.325 e. The standard InChI is InChI=1S/C16H19N3O5/c1-2-8-17-16(23)19-14(21)11-24-15(22)10-18-13(20)9-12-6-4-3-5-7-12/h2-7H,1,8-11H2,(H,18,20)(H2,17,19,21,23). The molecule has 0 spiro atoms. The van der Waals surface area contributed by atoms with Crippen molar-refractivity contribution in [2.45, 2.75) is 6.42 Å². The summed E-state index contributed by atoms with van der Waals surface area (Å²) in [4.78, 5) is 45.6. The van der Waals surface area contributed by atoms with E-state index in [1.54, 1.807) is 24.3 Å². The van der Waals surface area contributed by atoms with Crippen LogP contribution in [0.4, 0.5) is 4.79 Å². The van der Waals surface area contributed by atoms with E-state index in [4.69, 9.17) is 0 Å². The molecule has 0 fully saturated rings. The predicted octanol–water partition coefficient (Wildman–Crippen LogP) is -0.0997. The Morgan fingerprint density at radius 3 is 2.42 bits per heavy atom. The summed E-state index contributed by atoms with van der Waals surface area (Å²) in [5.74, 6) is -1.90. The molecular weight excluding hydrogens is 314 g/mol. The topological polar surface area (TPSA) is 114 Å². The van der Waals surface area contributed by atoms with Crippen LogP contribution in [-0.2, 0) is 25.5 Å². The predicted molar refractivity (Wildman–Crippen MR) is 85.9 cm³/mol. The molecule has 0 unspecified atom stereocenters. The van der Waals surface area contributed by atoms with Gasteiger partial charge >= 0.3 is 12.0 Å². The van der Waals surface area contributed by atoms with Crippen LogP contribution < -0.4 is 16.0 Å². The van der Waals surface area contributed by atoms with Gasteiger partial charge in [0, 0.05) is 6.54 Å². The van der Waals surface area contributed by atoms with E-state index in [-0.39, 0.29) is 25.4 Å². The van der Waals surface area contributed by atoms with E-state index in [9.17, 15) is 19.2 Å². The fraction of sp³-hybridized carbons (Fsp3) is 0.250. The second kappa shape index (κ2) is 10.5. The zero-order valence-electron chi connectivity index (χ0n) is 13.0. The Kier molecular flexibility index (Phi) is 8.30.